The average Bonchev–Trinajstić information content (AvgIpc) is 3.46. The third kappa shape index (κ3) is 8.02. The first-order valence-electron chi connectivity index (χ1n) is 10.3. The Morgan fingerprint density at radius 2 is 1.11 bits per heavy atom. The van der Waals surface area contributed by atoms with Crippen molar-refractivity contribution in [3.8, 4) is 11.5 Å². The van der Waals surface area contributed by atoms with Crippen molar-refractivity contribution in [3.63, 3.8) is 0 Å². The van der Waals surface area contributed by atoms with E-state index in [9.17, 15) is 9.59 Å². The zero-order chi connectivity index (χ0) is 24.6. The van der Waals surface area contributed by atoms with Crippen molar-refractivity contribution in [2.24, 2.45) is 0 Å². The quantitative estimate of drug-likeness (QED) is 0.258. The summed E-state index contributed by atoms with van der Waals surface area (Å²) in [6.45, 7) is 3.75. The number of aryl methyl sites for hydroxylation is 2. The Morgan fingerprint density at radius 3 is 1.46 bits per heavy atom. The molecule has 4 aromatic rings. The van der Waals surface area contributed by atoms with Crippen LogP contribution in [0.25, 0.3) is 0 Å². The zero-order valence-corrected chi connectivity index (χ0v) is 21.9. The van der Waals surface area contributed by atoms with Crippen molar-refractivity contribution in [2.75, 3.05) is 22.1 Å². The second kappa shape index (κ2) is 12.1. The normalized spacial score (nSPS) is 10.7. The van der Waals surface area contributed by atoms with E-state index >= 15 is 0 Å². The number of nitrogens with one attached hydrogen (secondary N) is 2. The summed E-state index contributed by atoms with van der Waals surface area (Å²) in [6.07, 6.45) is 0. The Bertz CT molecular complexity index is 1190. The number of carbonyl (C=O) groups excluding carboxylic acids is 2. The second-order valence-corrected chi connectivity index (χ2v) is 11.8. The molecule has 0 aliphatic carbocycles. The minimum atomic E-state index is -0.119. The lowest BCUT2D eigenvalue weighted by Gasteiger charge is -2.09. The van der Waals surface area contributed by atoms with E-state index in [1.807, 2.05) is 13.8 Å². The molecule has 2 aromatic carbocycles. The first kappa shape index (κ1) is 25.1. The van der Waals surface area contributed by atoms with Crippen LogP contribution in [0.3, 0.4) is 0 Å². The lowest BCUT2D eigenvalue weighted by atomic mass is 10.3. The molecule has 0 bridgehead atoms. The Hall–Kier alpha value is -3.00. The summed E-state index contributed by atoms with van der Waals surface area (Å²) in [6, 6.07) is 14.2. The van der Waals surface area contributed by atoms with Crippen LogP contribution in [0.4, 0.5) is 11.4 Å². The molecular formula is C22H20N6O3S4. The van der Waals surface area contributed by atoms with E-state index in [4.69, 9.17) is 4.74 Å². The number of amides is 2. The first-order chi connectivity index (χ1) is 16.9. The van der Waals surface area contributed by atoms with E-state index in [2.05, 4.69) is 31.0 Å². The summed E-state index contributed by atoms with van der Waals surface area (Å²) in [4.78, 5) is 24.3. The van der Waals surface area contributed by atoms with Gasteiger partial charge in [-0.3, -0.25) is 9.59 Å². The van der Waals surface area contributed by atoms with Gasteiger partial charge < -0.3 is 15.4 Å². The van der Waals surface area contributed by atoms with Crippen LogP contribution in [0.5, 0.6) is 11.5 Å². The van der Waals surface area contributed by atoms with E-state index in [0.29, 0.717) is 22.9 Å². The highest BCUT2D eigenvalue weighted by molar-refractivity contribution is 8.01. The van der Waals surface area contributed by atoms with Crippen molar-refractivity contribution >= 4 is 69.4 Å². The number of ether oxygens (including phenoxy) is 1. The number of nitrogens with zero attached hydrogens (tertiary/aromatic N) is 4. The van der Waals surface area contributed by atoms with Crippen molar-refractivity contribution in [2.45, 2.75) is 22.5 Å². The van der Waals surface area contributed by atoms with Crippen LogP contribution in [0.2, 0.25) is 0 Å². The molecule has 2 aromatic heterocycles. The molecule has 2 amide bonds. The number of hydrogen-bond donors (Lipinski definition) is 2. The molecule has 13 heteroatoms. The maximum Gasteiger partial charge on any atom is 0.234 e. The van der Waals surface area contributed by atoms with Gasteiger partial charge in [0, 0.05) is 11.4 Å². The molecular weight excluding hydrogens is 525 g/mol. The molecule has 0 atom stereocenters. The fraction of sp³-hybridized carbons (Fsp3) is 0.182. The molecule has 0 unspecified atom stereocenters. The zero-order valence-electron chi connectivity index (χ0n) is 18.7. The second-order valence-electron chi connectivity index (χ2n) is 7.00. The standard InChI is InChI=1S/C22H20N6O3S4/c1-13-25-27-21(34-13)32-11-19(29)23-15-3-7-17(8-4-15)31-18-9-5-16(6-10-18)24-20(30)12-33-22-28-26-14(2)35-22/h3-10H,11-12H2,1-2H3,(H,23,29)(H,24,30). The average molecular weight is 545 g/mol. The number of aromatic nitrogens is 4. The molecule has 2 heterocycles. The van der Waals surface area contributed by atoms with Crippen LogP contribution in [0.1, 0.15) is 10.0 Å². The van der Waals surface area contributed by atoms with E-state index in [1.54, 1.807) is 48.5 Å². The van der Waals surface area contributed by atoms with Crippen LogP contribution >= 0.6 is 46.2 Å². The minimum Gasteiger partial charge on any atom is -0.457 e. The molecule has 0 fully saturated rings. The van der Waals surface area contributed by atoms with Crippen molar-refractivity contribution in [3.05, 3.63) is 58.5 Å². The highest BCUT2D eigenvalue weighted by atomic mass is 32.2. The number of thioether (sulfide) groups is 2. The summed E-state index contributed by atoms with van der Waals surface area (Å²) < 4.78 is 7.40. The molecule has 0 spiro atoms. The van der Waals surface area contributed by atoms with Crippen LogP contribution in [-0.2, 0) is 9.59 Å². The third-order valence-electron chi connectivity index (χ3n) is 4.18. The third-order valence-corrected chi connectivity index (χ3v) is 8.12. The maximum absolute atomic E-state index is 12.1. The lowest BCUT2D eigenvalue weighted by molar-refractivity contribution is -0.114. The van der Waals surface area contributed by atoms with Gasteiger partial charge in [-0.2, -0.15) is 0 Å². The molecule has 0 saturated heterocycles. The predicted octanol–water partition coefficient (Wildman–Crippen LogP) is 5.26. The van der Waals surface area contributed by atoms with E-state index < -0.39 is 0 Å². The first-order valence-corrected chi connectivity index (χ1v) is 13.9. The molecule has 4 rings (SSSR count). The summed E-state index contributed by atoms with van der Waals surface area (Å²) in [5.41, 5.74) is 1.35. The van der Waals surface area contributed by atoms with Gasteiger partial charge in [-0.1, -0.05) is 46.2 Å². The number of hydrogen-bond acceptors (Lipinski definition) is 11. The van der Waals surface area contributed by atoms with Gasteiger partial charge in [0.15, 0.2) is 8.68 Å². The summed E-state index contributed by atoms with van der Waals surface area (Å²) in [5.74, 6) is 1.54. The van der Waals surface area contributed by atoms with Crippen LogP contribution in [0.15, 0.2) is 57.2 Å². The summed E-state index contributed by atoms with van der Waals surface area (Å²) >= 11 is 5.64. The number of benzene rings is 2. The molecule has 0 saturated carbocycles. The topological polar surface area (TPSA) is 119 Å². The summed E-state index contributed by atoms with van der Waals surface area (Å²) in [7, 11) is 0. The largest absolute Gasteiger partial charge is 0.457 e. The SMILES string of the molecule is Cc1nnc(SCC(=O)Nc2ccc(Oc3ccc(NC(=O)CSc4nnc(C)s4)cc3)cc2)s1. The van der Waals surface area contributed by atoms with Gasteiger partial charge in [0.05, 0.1) is 11.5 Å². The predicted molar refractivity (Wildman–Crippen MR) is 141 cm³/mol. The van der Waals surface area contributed by atoms with Crippen LogP contribution in [-0.4, -0.2) is 43.7 Å². The Morgan fingerprint density at radius 1 is 0.714 bits per heavy atom. The maximum atomic E-state index is 12.1. The fourth-order valence-electron chi connectivity index (χ4n) is 2.67. The van der Waals surface area contributed by atoms with Crippen LogP contribution in [0, 0.1) is 13.8 Å². The molecule has 9 nitrogen and oxygen atoms in total. The Balaban J connectivity index is 1.21. The number of rotatable bonds is 10. The monoisotopic (exact) mass is 544 g/mol. The Labute approximate surface area is 218 Å². The van der Waals surface area contributed by atoms with Gasteiger partial charge in [0.1, 0.15) is 21.5 Å². The molecule has 2 N–H and O–H groups in total. The van der Waals surface area contributed by atoms with Crippen LogP contribution < -0.4 is 15.4 Å². The van der Waals surface area contributed by atoms with Gasteiger partial charge >= 0.3 is 0 Å². The fourth-order valence-corrected chi connectivity index (χ4v) is 5.90. The molecule has 0 aliphatic rings. The Kier molecular flexibility index (Phi) is 8.69. The minimum absolute atomic E-state index is 0.119. The smallest absolute Gasteiger partial charge is 0.234 e. The molecule has 35 heavy (non-hydrogen) atoms. The van der Waals surface area contributed by atoms with Gasteiger partial charge in [-0.05, 0) is 62.4 Å². The van der Waals surface area contributed by atoms with Gasteiger partial charge in [0.25, 0.3) is 0 Å². The van der Waals surface area contributed by atoms with E-state index in [-0.39, 0.29) is 23.3 Å². The van der Waals surface area contributed by atoms with Crippen molar-refractivity contribution in [1.29, 1.82) is 0 Å². The van der Waals surface area contributed by atoms with E-state index in [1.165, 1.54) is 46.2 Å². The van der Waals surface area contributed by atoms with Gasteiger partial charge in [-0.25, -0.2) is 0 Å². The number of carbonyl (C=O) groups is 2. The highest BCUT2D eigenvalue weighted by Crippen LogP contribution is 2.26. The van der Waals surface area contributed by atoms with E-state index in [0.717, 1.165) is 18.7 Å². The van der Waals surface area contributed by atoms with Crippen molar-refractivity contribution in [1.82, 2.24) is 20.4 Å². The molecule has 0 radical (unpaired) electrons. The lowest BCUT2D eigenvalue weighted by Crippen LogP contribution is -2.13. The number of anilines is 2. The summed E-state index contributed by atoms with van der Waals surface area (Å²) in [5, 5.41) is 23.3. The van der Waals surface area contributed by atoms with Crippen molar-refractivity contribution < 1.29 is 14.3 Å². The van der Waals surface area contributed by atoms with Gasteiger partial charge in [-0.15, -0.1) is 20.4 Å². The molecule has 180 valence electrons. The molecule has 0 aliphatic heterocycles. The highest BCUT2D eigenvalue weighted by Gasteiger charge is 2.09. The van der Waals surface area contributed by atoms with Gasteiger partial charge in [0.2, 0.25) is 11.8 Å².